The molecule has 24 heavy (non-hydrogen) atoms. The Hall–Kier alpha value is -1.14. The average molecular weight is 359 g/mol. The Morgan fingerprint density at radius 3 is 2.54 bits per heavy atom. The van der Waals surface area contributed by atoms with E-state index in [2.05, 4.69) is 36.2 Å². The largest absolute Gasteiger partial charge is 0.343 e. The molecule has 138 valence electrons. The molecule has 1 N–H and O–H groups in total. The first-order chi connectivity index (χ1) is 10.9. The zero-order chi connectivity index (χ0) is 16.9. The molecule has 1 saturated heterocycles. The third kappa shape index (κ3) is 6.06. The fourth-order valence-corrected chi connectivity index (χ4v) is 2.89. The van der Waals surface area contributed by atoms with Crippen LogP contribution in [0.25, 0.3) is 0 Å². The normalized spacial score (nSPS) is 16.1. The zero-order valence-electron chi connectivity index (χ0n) is 15.3. The standard InChI is InChI=1S/C17H30N4O2.ClH/c1-17(2,3)16-19-14(23-20-16)6-5-7-15(22)21-10-8-13(9-11-21)12-18-4;/h13,18H,5-12H2,1-4H3;1H. The molecule has 2 heterocycles. The quantitative estimate of drug-likeness (QED) is 0.846. The van der Waals surface area contributed by atoms with Crippen molar-refractivity contribution in [2.45, 2.75) is 58.3 Å². The van der Waals surface area contributed by atoms with Gasteiger partial charge in [-0.1, -0.05) is 25.9 Å². The summed E-state index contributed by atoms with van der Waals surface area (Å²) in [6, 6.07) is 0. The molecule has 0 aromatic carbocycles. The molecule has 1 aliphatic heterocycles. The maximum atomic E-state index is 12.3. The molecule has 1 aromatic rings. The number of carbonyl (C=O) groups excluding carboxylic acids is 1. The highest BCUT2D eigenvalue weighted by Gasteiger charge is 2.23. The lowest BCUT2D eigenvalue weighted by Crippen LogP contribution is -2.40. The molecule has 1 aliphatic rings. The Morgan fingerprint density at radius 2 is 2.00 bits per heavy atom. The van der Waals surface area contributed by atoms with Crippen LogP contribution >= 0.6 is 12.4 Å². The molecule has 2 rings (SSSR count). The zero-order valence-corrected chi connectivity index (χ0v) is 16.1. The van der Waals surface area contributed by atoms with Gasteiger partial charge in [0.1, 0.15) is 0 Å². The van der Waals surface area contributed by atoms with E-state index in [1.807, 2.05) is 11.9 Å². The summed E-state index contributed by atoms with van der Waals surface area (Å²) in [4.78, 5) is 18.7. The van der Waals surface area contributed by atoms with Crippen LogP contribution in [-0.4, -0.2) is 47.6 Å². The minimum absolute atomic E-state index is 0. The van der Waals surface area contributed by atoms with Gasteiger partial charge in [0, 0.05) is 31.3 Å². The van der Waals surface area contributed by atoms with Crippen molar-refractivity contribution >= 4 is 18.3 Å². The second-order valence-electron chi connectivity index (χ2n) is 7.50. The Labute approximate surface area is 151 Å². The van der Waals surface area contributed by atoms with Gasteiger partial charge in [-0.25, -0.2) is 0 Å². The summed E-state index contributed by atoms with van der Waals surface area (Å²) in [6.45, 7) is 9.00. The molecule has 0 aliphatic carbocycles. The number of nitrogens with one attached hydrogen (secondary N) is 1. The van der Waals surface area contributed by atoms with Crippen LogP contribution in [0.4, 0.5) is 0 Å². The van der Waals surface area contributed by atoms with E-state index in [0.29, 0.717) is 24.7 Å². The van der Waals surface area contributed by atoms with Gasteiger partial charge < -0.3 is 14.7 Å². The number of piperidine rings is 1. The first-order valence-electron chi connectivity index (χ1n) is 8.65. The van der Waals surface area contributed by atoms with Crippen LogP contribution in [0.2, 0.25) is 0 Å². The third-order valence-corrected chi connectivity index (χ3v) is 4.38. The van der Waals surface area contributed by atoms with Gasteiger partial charge in [-0.05, 0) is 38.8 Å². The van der Waals surface area contributed by atoms with Gasteiger partial charge in [0.25, 0.3) is 0 Å². The van der Waals surface area contributed by atoms with Gasteiger partial charge in [-0.3, -0.25) is 4.79 Å². The lowest BCUT2D eigenvalue weighted by molar-refractivity contribution is -0.132. The Morgan fingerprint density at radius 1 is 1.33 bits per heavy atom. The molecule has 0 saturated carbocycles. The Kier molecular flexibility index (Phi) is 8.16. The number of amides is 1. The van der Waals surface area contributed by atoms with E-state index in [4.69, 9.17) is 4.52 Å². The second kappa shape index (κ2) is 9.37. The van der Waals surface area contributed by atoms with E-state index in [9.17, 15) is 4.79 Å². The van der Waals surface area contributed by atoms with Gasteiger partial charge in [0.05, 0.1) is 0 Å². The summed E-state index contributed by atoms with van der Waals surface area (Å²) in [6.07, 6.45) is 4.20. The van der Waals surface area contributed by atoms with E-state index in [1.165, 1.54) is 0 Å². The number of aryl methyl sites for hydroxylation is 1. The number of nitrogens with zero attached hydrogens (tertiary/aromatic N) is 3. The molecule has 1 aromatic heterocycles. The SMILES string of the molecule is CNCC1CCN(C(=O)CCCc2nc(C(C)(C)C)no2)CC1.Cl. The van der Waals surface area contributed by atoms with E-state index in [1.54, 1.807) is 0 Å². The molecule has 0 bridgehead atoms. The van der Waals surface area contributed by atoms with Crippen molar-refractivity contribution in [3.63, 3.8) is 0 Å². The van der Waals surface area contributed by atoms with Gasteiger partial charge in [0.15, 0.2) is 5.82 Å². The lowest BCUT2D eigenvalue weighted by atomic mass is 9.96. The van der Waals surface area contributed by atoms with Gasteiger partial charge in [0.2, 0.25) is 11.8 Å². The fourth-order valence-electron chi connectivity index (χ4n) is 2.89. The minimum atomic E-state index is -0.102. The first-order valence-corrected chi connectivity index (χ1v) is 8.65. The van der Waals surface area contributed by atoms with Gasteiger partial charge >= 0.3 is 0 Å². The molecule has 0 spiro atoms. The van der Waals surface area contributed by atoms with Crippen LogP contribution in [0, 0.1) is 5.92 Å². The van der Waals surface area contributed by atoms with Crippen molar-refractivity contribution < 1.29 is 9.32 Å². The van der Waals surface area contributed by atoms with E-state index in [0.717, 1.165) is 44.7 Å². The highest BCUT2D eigenvalue weighted by atomic mass is 35.5. The second-order valence-corrected chi connectivity index (χ2v) is 7.50. The van der Waals surface area contributed by atoms with Crippen LogP contribution in [0.5, 0.6) is 0 Å². The minimum Gasteiger partial charge on any atom is -0.343 e. The lowest BCUT2D eigenvalue weighted by Gasteiger charge is -2.32. The van der Waals surface area contributed by atoms with Crippen LogP contribution in [0.15, 0.2) is 4.52 Å². The van der Waals surface area contributed by atoms with Crippen molar-refractivity contribution in [3.05, 3.63) is 11.7 Å². The van der Waals surface area contributed by atoms with Crippen LogP contribution in [0.3, 0.4) is 0 Å². The highest BCUT2D eigenvalue weighted by molar-refractivity contribution is 5.85. The summed E-state index contributed by atoms with van der Waals surface area (Å²) < 4.78 is 5.27. The Bertz CT molecular complexity index is 505. The Balaban J connectivity index is 0.00000288. The average Bonchev–Trinajstić information content (AvgIpc) is 2.97. The molecule has 1 amide bonds. The van der Waals surface area contributed by atoms with Crippen LogP contribution in [-0.2, 0) is 16.6 Å². The highest BCUT2D eigenvalue weighted by Crippen LogP contribution is 2.20. The van der Waals surface area contributed by atoms with Crippen molar-refractivity contribution in [1.82, 2.24) is 20.4 Å². The molecule has 0 atom stereocenters. The van der Waals surface area contributed by atoms with Crippen LogP contribution < -0.4 is 5.32 Å². The van der Waals surface area contributed by atoms with Crippen LogP contribution in [0.1, 0.15) is 58.2 Å². The number of hydrogen-bond acceptors (Lipinski definition) is 5. The summed E-state index contributed by atoms with van der Waals surface area (Å²) in [5.74, 6) is 2.32. The molecule has 6 nitrogen and oxygen atoms in total. The summed E-state index contributed by atoms with van der Waals surface area (Å²) >= 11 is 0. The number of likely N-dealkylation sites (tertiary alicyclic amines) is 1. The van der Waals surface area contributed by atoms with E-state index in [-0.39, 0.29) is 23.7 Å². The van der Waals surface area contributed by atoms with E-state index < -0.39 is 0 Å². The molecule has 0 unspecified atom stereocenters. The molecule has 7 heteroatoms. The van der Waals surface area contributed by atoms with Gasteiger partial charge in [-0.2, -0.15) is 4.98 Å². The summed E-state index contributed by atoms with van der Waals surface area (Å²) in [5.41, 5.74) is -0.102. The predicted molar refractivity (Wildman–Crippen MR) is 96.4 cm³/mol. The third-order valence-electron chi connectivity index (χ3n) is 4.38. The van der Waals surface area contributed by atoms with Crippen molar-refractivity contribution in [2.75, 3.05) is 26.7 Å². The number of carbonyl (C=O) groups is 1. The summed E-state index contributed by atoms with van der Waals surface area (Å²) in [5, 5.41) is 7.23. The molecular weight excluding hydrogens is 328 g/mol. The topological polar surface area (TPSA) is 71.3 Å². The molecule has 0 radical (unpaired) electrons. The summed E-state index contributed by atoms with van der Waals surface area (Å²) in [7, 11) is 1.99. The maximum Gasteiger partial charge on any atom is 0.226 e. The maximum absolute atomic E-state index is 12.3. The molecule has 1 fully saturated rings. The first kappa shape index (κ1) is 20.9. The number of rotatable bonds is 6. The molecular formula is C17H31ClN4O2. The van der Waals surface area contributed by atoms with Crippen molar-refractivity contribution in [2.24, 2.45) is 5.92 Å². The number of aromatic nitrogens is 2. The van der Waals surface area contributed by atoms with Crippen molar-refractivity contribution in [1.29, 1.82) is 0 Å². The number of hydrogen-bond donors (Lipinski definition) is 1. The fraction of sp³-hybridized carbons (Fsp3) is 0.824. The number of halogens is 1. The smallest absolute Gasteiger partial charge is 0.226 e. The van der Waals surface area contributed by atoms with Gasteiger partial charge in [-0.15, -0.1) is 12.4 Å². The van der Waals surface area contributed by atoms with Crippen molar-refractivity contribution in [3.8, 4) is 0 Å². The predicted octanol–water partition coefficient (Wildman–Crippen LogP) is 2.57. The monoisotopic (exact) mass is 358 g/mol. The van der Waals surface area contributed by atoms with E-state index >= 15 is 0 Å².